The number of hydrogen-bond donors (Lipinski definition) is 1. The summed E-state index contributed by atoms with van der Waals surface area (Å²) >= 11 is 0. The highest BCUT2D eigenvalue weighted by molar-refractivity contribution is 5.84. The van der Waals surface area contributed by atoms with Crippen LogP contribution in [0.2, 0.25) is 0 Å². The van der Waals surface area contributed by atoms with Crippen LogP contribution in [0.1, 0.15) is 25.1 Å². The molecule has 2 fully saturated rings. The number of carbonyl (C=O) groups excluding carboxylic acids is 1. The number of likely N-dealkylation sites (tertiary alicyclic amines) is 2. The molecular formula is C14H23N5O2. The van der Waals surface area contributed by atoms with Crippen LogP contribution < -0.4 is 0 Å². The van der Waals surface area contributed by atoms with Crippen LogP contribution in [0.25, 0.3) is 0 Å². The fourth-order valence-corrected chi connectivity index (χ4v) is 3.61. The summed E-state index contributed by atoms with van der Waals surface area (Å²) in [5.74, 6) is 1.16. The molecule has 0 aliphatic carbocycles. The molecule has 1 atom stereocenters. The van der Waals surface area contributed by atoms with Crippen molar-refractivity contribution in [3.63, 3.8) is 0 Å². The third-order valence-corrected chi connectivity index (χ3v) is 4.80. The molecule has 1 N–H and O–H groups in total. The number of aliphatic hydroxyl groups excluding tert-OH is 1. The molecule has 0 aromatic carbocycles. The van der Waals surface area contributed by atoms with E-state index in [4.69, 9.17) is 5.11 Å². The molecule has 3 rings (SSSR count). The Morgan fingerprint density at radius 2 is 2.24 bits per heavy atom. The second-order valence-electron chi connectivity index (χ2n) is 6.22. The molecule has 7 nitrogen and oxygen atoms in total. The van der Waals surface area contributed by atoms with Gasteiger partial charge in [0.1, 0.15) is 12.2 Å². The monoisotopic (exact) mass is 293 g/mol. The minimum atomic E-state index is -0.244. The number of nitrogens with zero attached hydrogens (tertiary/aromatic N) is 5. The summed E-state index contributed by atoms with van der Waals surface area (Å²) in [6, 6.07) is 0. The molecule has 1 aromatic rings. The van der Waals surface area contributed by atoms with E-state index < -0.39 is 0 Å². The average molecular weight is 293 g/mol. The molecule has 2 aliphatic heterocycles. The van der Waals surface area contributed by atoms with Crippen molar-refractivity contribution < 1.29 is 9.90 Å². The minimum Gasteiger partial charge on any atom is -0.395 e. The van der Waals surface area contributed by atoms with Crippen molar-refractivity contribution in [3.8, 4) is 0 Å². The fraction of sp³-hybridized carbons (Fsp3) is 0.786. The first-order chi connectivity index (χ1) is 10.1. The highest BCUT2D eigenvalue weighted by Gasteiger charge is 2.48. The molecule has 1 spiro atoms. The fourth-order valence-electron chi connectivity index (χ4n) is 3.61. The van der Waals surface area contributed by atoms with Crippen LogP contribution in [0, 0.1) is 5.41 Å². The summed E-state index contributed by atoms with van der Waals surface area (Å²) in [6.45, 7) is 3.75. The Labute approximate surface area is 124 Å². The van der Waals surface area contributed by atoms with Crippen LogP contribution in [0.15, 0.2) is 6.33 Å². The molecule has 0 bridgehead atoms. The van der Waals surface area contributed by atoms with Gasteiger partial charge in [-0.25, -0.2) is 0 Å². The van der Waals surface area contributed by atoms with Crippen LogP contribution in [0.4, 0.5) is 0 Å². The van der Waals surface area contributed by atoms with Crippen LogP contribution in [0.3, 0.4) is 0 Å². The number of piperidine rings is 1. The predicted octanol–water partition coefficient (Wildman–Crippen LogP) is -0.378. The van der Waals surface area contributed by atoms with Crippen molar-refractivity contribution in [2.45, 2.75) is 25.8 Å². The van der Waals surface area contributed by atoms with Gasteiger partial charge in [0, 0.05) is 26.7 Å². The first-order valence-corrected chi connectivity index (χ1v) is 7.60. The van der Waals surface area contributed by atoms with Crippen molar-refractivity contribution in [1.82, 2.24) is 24.6 Å². The Morgan fingerprint density at radius 1 is 1.38 bits per heavy atom. The van der Waals surface area contributed by atoms with Crippen molar-refractivity contribution >= 4 is 5.91 Å². The second kappa shape index (κ2) is 5.73. The van der Waals surface area contributed by atoms with Gasteiger partial charge in [-0.2, -0.15) is 0 Å². The maximum absolute atomic E-state index is 12.7. The van der Waals surface area contributed by atoms with Crippen LogP contribution >= 0.6 is 0 Å². The largest absolute Gasteiger partial charge is 0.395 e. The summed E-state index contributed by atoms with van der Waals surface area (Å²) < 4.78 is 1.92. The number of carbonyl (C=O) groups is 1. The lowest BCUT2D eigenvalue weighted by Crippen LogP contribution is -2.50. The molecule has 21 heavy (non-hydrogen) atoms. The quantitative estimate of drug-likeness (QED) is 0.819. The summed E-state index contributed by atoms with van der Waals surface area (Å²) in [4.78, 5) is 16.8. The first kappa shape index (κ1) is 14.5. The van der Waals surface area contributed by atoms with Crippen molar-refractivity contribution in [1.29, 1.82) is 0 Å². The number of amides is 1. The molecule has 2 saturated heterocycles. The SMILES string of the molecule is Cn1cnnc1CN1CCC2(CCCN(CCO)C2=O)C1. The van der Waals surface area contributed by atoms with E-state index in [2.05, 4.69) is 15.1 Å². The maximum Gasteiger partial charge on any atom is 0.230 e. The average Bonchev–Trinajstić information content (AvgIpc) is 3.05. The van der Waals surface area contributed by atoms with E-state index in [0.29, 0.717) is 6.54 Å². The van der Waals surface area contributed by atoms with E-state index in [1.54, 1.807) is 6.33 Å². The Balaban J connectivity index is 1.67. The number of aliphatic hydroxyl groups is 1. The van der Waals surface area contributed by atoms with Gasteiger partial charge in [-0.1, -0.05) is 0 Å². The molecular weight excluding hydrogens is 270 g/mol. The maximum atomic E-state index is 12.7. The topological polar surface area (TPSA) is 74.5 Å². The Kier molecular flexibility index (Phi) is 3.95. The summed E-state index contributed by atoms with van der Waals surface area (Å²) in [6.07, 6.45) is 4.61. The summed E-state index contributed by atoms with van der Waals surface area (Å²) in [7, 11) is 1.94. The van der Waals surface area contributed by atoms with Gasteiger partial charge in [-0.15, -0.1) is 10.2 Å². The minimum absolute atomic E-state index is 0.0461. The number of hydrogen-bond acceptors (Lipinski definition) is 5. The van der Waals surface area contributed by atoms with E-state index in [-0.39, 0.29) is 17.9 Å². The molecule has 116 valence electrons. The third kappa shape index (κ3) is 2.67. The highest BCUT2D eigenvalue weighted by atomic mass is 16.3. The molecule has 0 radical (unpaired) electrons. The number of aryl methyl sites for hydroxylation is 1. The standard InChI is InChI=1S/C14H23N5O2/c1-17-11-15-16-12(17)9-18-6-4-14(10-18)3-2-5-19(7-8-20)13(14)21/h11,20H,2-10H2,1H3. The lowest BCUT2D eigenvalue weighted by molar-refractivity contribution is -0.146. The molecule has 1 aromatic heterocycles. The van der Waals surface area contributed by atoms with Gasteiger partial charge in [-0.05, 0) is 25.8 Å². The number of aromatic nitrogens is 3. The molecule has 1 unspecified atom stereocenters. The van der Waals surface area contributed by atoms with Crippen molar-refractivity contribution in [2.75, 3.05) is 32.8 Å². The summed E-state index contributed by atoms with van der Waals surface area (Å²) in [5.41, 5.74) is -0.244. The van der Waals surface area contributed by atoms with Crippen molar-refractivity contribution in [2.24, 2.45) is 12.5 Å². The van der Waals surface area contributed by atoms with E-state index in [1.807, 2.05) is 16.5 Å². The number of β-amino-alcohol motifs (C(OH)–C–C–N with tert-alkyl or cyclic N) is 1. The zero-order valence-electron chi connectivity index (χ0n) is 12.5. The van der Waals surface area contributed by atoms with Gasteiger partial charge >= 0.3 is 0 Å². The van der Waals surface area contributed by atoms with Gasteiger partial charge in [0.05, 0.1) is 18.6 Å². The van der Waals surface area contributed by atoms with Crippen LogP contribution in [-0.4, -0.2) is 68.4 Å². The Morgan fingerprint density at radius 3 is 2.95 bits per heavy atom. The zero-order valence-corrected chi connectivity index (χ0v) is 12.5. The van der Waals surface area contributed by atoms with Gasteiger partial charge in [0.15, 0.2) is 0 Å². The van der Waals surface area contributed by atoms with Crippen molar-refractivity contribution in [3.05, 3.63) is 12.2 Å². The second-order valence-corrected chi connectivity index (χ2v) is 6.22. The smallest absolute Gasteiger partial charge is 0.230 e. The normalized spacial score (nSPS) is 27.0. The molecule has 3 heterocycles. The van der Waals surface area contributed by atoms with Gasteiger partial charge in [-0.3, -0.25) is 9.69 Å². The van der Waals surface area contributed by atoms with Gasteiger partial charge < -0.3 is 14.6 Å². The van der Waals surface area contributed by atoms with E-state index >= 15 is 0 Å². The Bertz CT molecular complexity index is 515. The predicted molar refractivity (Wildman–Crippen MR) is 76.2 cm³/mol. The van der Waals surface area contributed by atoms with Crippen LogP contribution in [0.5, 0.6) is 0 Å². The van der Waals surface area contributed by atoms with Gasteiger partial charge in [0.25, 0.3) is 0 Å². The molecule has 2 aliphatic rings. The molecule has 1 amide bonds. The third-order valence-electron chi connectivity index (χ3n) is 4.80. The van der Waals surface area contributed by atoms with Crippen LogP contribution in [-0.2, 0) is 18.4 Å². The summed E-state index contributed by atoms with van der Waals surface area (Å²) in [5, 5.41) is 17.1. The van der Waals surface area contributed by atoms with E-state index in [0.717, 1.165) is 51.3 Å². The van der Waals surface area contributed by atoms with E-state index in [1.165, 1.54) is 0 Å². The number of rotatable bonds is 4. The van der Waals surface area contributed by atoms with Gasteiger partial charge in [0.2, 0.25) is 5.91 Å². The Hall–Kier alpha value is -1.47. The first-order valence-electron chi connectivity index (χ1n) is 7.60. The highest BCUT2D eigenvalue weighted by Crippen LogP contribution is 2.40. The zero-order chi connectivity index (χ0) is 14.9. The van der Waals surface area contributed by atoms with E-state index in [9.17, 15) is 4.79 Å². The lowest BCUT2D eigenvalue weighted by atomic mass is 9.78. The molecule has 0 saturated carbocycles. The molecule has 7 heteroatoms. The lowest BCUT2D eigenvalue weighted by Gasteiger charge is -2.39.